The van der Waals surface area contributed by atoms with Crippen molar-refractivity contribution in [3.05, 3.63) is 24.3 Å². The van der Waals surface area contributed by atoms with Crippen LogP contribution in [0.25, 0.3) is 0 Å². The summed E-state index contributed by atoms with van der Waals surface area (Å²) >= 11 is 0. The van der Waals surface area contributed by atoms with E-state index in [2.05, 4.69) is 18.3 Å². The molecule has 18 heavy (non-hydrogen) atoms. The lowest BCUT2D eigenvalue weighted by molar-refractivity contribution is 0.415. The van der Waals surface area contributed by atoms with Gasteiger partial charge in [-0.2, -0.15) is 5.26 Å². The number of hydrogen-bond donors (Lipinski definition) is 1. The maximum atomic E-state index is 9.47. The molecule has 0 heterocycles. The van der Waals surface area contributed by atoms with E-state index in [-0.39, 0.29) is 0 Å². The van der Waals surface area contributed by atoms with Crippen LogP contribution in [0.2, 0.25) is 0 Å². The van der Waals surface area contributed by atoms with Gasteiger partial charge in [0.1, 0.15) is 11.3 Å². The number of nitriles is 1. The normalized spacial score (nSPS) is 26.6. The summed E-state index contributed by atoms with van der Waals surface area (Å²) in [6.45, 7) is 2.20. The highest BCUT2D eigenvalue weighted by molar-refractivity contribution is 5.52. The van der Waals surface area contributed by atoms with Crippen LogP contribution < -0.4 is 10.1 Å². The summed E-state index contributed by atoms with van der Waals surface area (Å²) in [6.07, 6.45) is 4.17. The smallest absolute Gasteiger partial charge is 0.125 e. The first kappa shape index (κ1) is 12.8. The third kappa shape index (κ3) is 2.59. The Labute approximate surface area is 109 Å². The molecule has 0 amide bonds. The molecular formula is C15H20N2O. The van der Waals surface area contributed by atoms with Crippen LogP contribution in [-0.2, 0) is 0 Å². The predicted molar refractivity (Wildman–Crippen MR) is 72.6 cm³/mol. The highest BCUT2D eigenvalue weighted by Gasteiger charge is 2.38. The van der Waals surface area contributed by atoms with Gasteiger partial charge >= 0.3 is 0 Å². The van der Waals surface area contributed by atoms with Crippen molar-refractivity contribution in [2.75, 3.05) is 12.4 Å². The molecule has 0 spiro atoms. The first-order valence-electron chi connectivity index (χ1n) is 6.55. The first-order valence-corrected chi connectivity index (χ1v) is 6.55. The zero-order valence-corrected chi connectivity index (χ0v) is 11.1. The van der Waals surface area contributed by atoms with Gasteiger partial charge in [-0.25, -0.2) is 0 Å². The fraction of sp³-hybridized carbons (Fsp3) is 0.533. The number of methoxy groups -OCH3 is 1. The predicted octanol–water partition coefficient (Wildman–Crippen LogP) is 3.58. The Bertz CT molecular complexity index is 452. The Morgan fingerprint density at radius 2 is 2.39 bits per heavy atom. The van der Waals surface area contributed by atoms with Crippen molar-refractivity contribution in [3.63, 3.8) is 0 Å². The van der Waals surface area contributed by atoms with Gasteiger partial charge in [0.25, 0.3) is 0 Å². The summed E-state index contributed by atoms with van der Waals surface area (Å²) in [7, 11) is 1.65. The van der Waals surface area contributed by atoms with E-state index in [9.17, 15) is 5.26 Å². The number of anilines is 1. The molecule has 0 aromatic heterocycles. The lowest BCUT2D eigenvalue weighted by Crippen LogP contribution is -2.33. The van der Waals surface area contributed by atoms with E-state index < -0.39 is 5.54 Å². The van der Waals surface area contributed by atoms with Crippen LogP contribution in [-0.4, -0.2) is 12.6 Å². The Kier molecular flexibility index (Phi) is 3.76. The minimum Gasteiger partial charge on any atom is -0.497 e. The number of rotatable bonds is 4. The molecule has 2 unspecified atom stereocenters. The monoisotopic (exact) mass is 244 g/mol. The number of nitrogens with one attached hydrogen (secondary N) is 1. The van der Waals surface area contributed by atoms with E-state index in [0.29, 0.717) is 5.92 Å². The Balaban J connectivity index is 2.13. The molecule has 1 saturated carbocycles. The maximum absolute atomic E-state index is 9.47. The molecule has 1 aromatic carbocycles. The molecule has 1 aromatic rings. The average molecular weight is 244 g/mol. The highest BCUT2D eigenvalue weighted by atomic mass is 16.5. The SMILES string of the molecule is CCC1CCC(C#N)(Nc2cccc(OC)c2)C1. The van der Waals surface area contributed by atoms with E-state index in [1.807, 2.05) is 24.3 Å². The van der Waals surface area contributed by atoms with Crippen molar-refractivity contribution >= 4 is 5.69 Å². The topological polar surface area (TPSA) is 45.0 Å². The molecular weight excluding hydrogens is 224 g/mol. The van der Waals surface area contributed by atoms with Gasteiger partial charge < -0.3 is 10.1 Å². The van der Waals surface area contributed by atoms with Gasteiger partial charge in [-0.1, -0.05) is 19.4 Å². The minimum absolute atomic E-state index is 0.396. The molecule has 0 radical (unpaired) electrons. The maximum Gasteiger partial charge on any atom is 0.125 e. The van der Waals surface area contributed by atoms with Crippen LogP contribution in [0.15, 0.2) is 24.3 Å². The second kappa shape index (κ2) is 5.30. The van der Waals surface area contributed by atoms with Crippen molar-refractivity contribution in [1.82, 2.24) is 0 Å². The van der Waals surface area contributed by atoms with E-state index in [4.69, 9.17) is 4.74 Å². The molecule has 1 aliphatic carbocycles. The summed E-state index contributed by atoms with van der Waals surface area (Å²) < 4.78 is 5.21. The van der Waals surface area contributed by atoms with Crippen LogP contribution in [0.3, 0.4) is 0 Å². The third-order valence-corrected chi connectivity index (χ3v) is 3.86. The van der Waals surface area contributed by atoms with Crippen LogP contribution in [0, 0.1) is 17.2 Å². The third-order valence-electron chi connectivity index (χ3n) is 3.86. The highest BCUT2D eigenvalue weighted by Crippen LogP contribution is 2.38. The first-order chi connectivity index (χ1) is 8.71. The van der Waals surface area contributed by atoms with Gasteiger partial charge in [0.2, 0.25) is 0 Å². The summed E-state index contributed by atoms with van der Waals surface area (Å²) in [4.78, 5) is 0. The molecule has 2 atom stereocenters. The molecule has 2 rings (SSSR count). The van der Waals surface area contributed by atoms with Crippen LogP contribution in [0.4, 0.5) is 5.69 Å². The summed E-state index contributed by atoms with van der Waals surface area (Å²) in [5.41, 5.74) is 0.570. The van der Waals surface area contributed by atoms with Gasteiger partial charge in [-0.3, -0.25) is 0 Å². The lowest BCUT2D eigenvalue weighted by atomic mass is 9.96. The quantitative estimate of drug-likeness (QED) is 0.880. The number of hydrogen-bond acceptors (Lipinski definition) is 3. The van der Waals surface area contributed by atoms with Gasteiger partial charge in [-0.05, 0) is 37.3 Å². The zero-order valence-electron chi connectivity index (χ0n) is 11.1. The van der Waals surface area contributed by atoms with E-state index in [1.54, 1.807) is 7.11 Å². The molecule has 96 valence electrons. The minimum atomic E-state index is -0.396. The van der Waals surface area contributed by atoms with Crippen LogP contribution in [0.5, 0.6) is 5.75 Å². The van der Waals surface area contributed by atoms with Crippen molar-refractivity contribution in [2.24, 2.45) is 5.92 Å². The summed E-state index contributed by atoms with van der Waals surface area (Å²) in [6, 6.07) is 10.3. The van der Waals surface area contributed by atoms with E-state index >= 15 is 0 Å². The molecule has 1 fully saturated rings. The van der Waals surface area contributed by atoms with E-state index in [1.165, 1.54) is 0 Å². The van der Waals surface area contributed by atoms with Gasteiger partial charge in [0.15, 0.2) is 0 Å². The van der Waals surface area contributed by atoms with Gasteiger partial charge in [0, 0.05) is 11.8 Å². The molecule has 0 saturated heterocycles. The molecule has 3 heteroatoms. The second-order valence-corrected chi connectivity index (χ2v) is 5.07. The Morgan fingerprint density at radius 3 is 3.00 bits per heavy atom. The molecule has 0 aliphatic heterocycles. The lowest BCUT2D eigenvalue weighted by Gasteiger charge is -2.24. The summed E-state index contributed by atoms with van der Waals surface area (Å²) in [5, 5.41) is 12.9. The number of ether oxygens (including phenoxy) is 1. The van der Waals surface area contributed by atoms with E-state index in [0.717, 1.165) is 37.1 Å². The average Bonchev–Trinajstić information content (AvgIpc) is 2.83. The standard InChI is InChI=1S/C15H20N2O/c1-3-12-7-8-15(10-12,11-16)17-13-5-4-6-14(9-13)18-2/h4-6,9,12,17H,3,7-8,10H2,1-2H3. The summed E-state index contributed by atoms with van der Waals surface area (Å²) in [5.74, 6) is 1.49. The molecule has 1 aliphatic rings. The molecule has 3 nitrogen and oxygen atoms in total. The molecule has 0 bridgehead atoms. The van der Waals surface area contributed by atoms with Crippen molar-refractivity contribution < 1.29 is 4.74 Å². The largest absolute Gasteiger partial charge is 0.497 e. The number of benzene rings is 1. The van der Waals surface area contributed by atoms with Crippen molar-refractivity contribution in [1.29, 1.82) is 5.26 Å². The fourth-order valence-corrected chi connectivity index (χ4v) is 2.72. The van der Waals surface area contributed by atoms with Crippen LogP contribution in [0.1, 0.15) is 32.6 Å². The zero-order chi connectivity index (χ0) is 13.0. The second-order valence-electron chi connectivity index (χ2n) is 5.07. The number of nitrogens with zero attached hydrogens (tertiary/aromatic N) is 1. The Hall–Kier alpha value is -1.69. The van der Waals surface area contributed by atoms with Crippen molar-refractivity contribution in [2.45, 2.75) is 38.1 Å². The van der Waals surface area contributed by atoms with Gasteiger partial charge in [-0.15, -0.1) is 0 Å². The van der Waals surface area contributed by atoms with Gasteiger partial charge in [0.05, 0.1) is 13.2 Å². The fourth-order valence-electron chi connectivity index (χ4n) is 2.72. The Morgan fingerprint density at radius 1 is 1.56 bits per heavy atom. The molecule has 1 N–H and O–H groups in total. The van der Waals surface area contributed by atoms with Crippen molar-refractivity contribution in [3.8, 4) is 11.8 Å². The van der Waals surface area contributed by atoms with Crippen LogP contribution >= 0.6 is 0 Å².